The Kier molecular flexibility index (Phi) is 10.3. The van der Waals surface area contributed by atoms with E-state index in [1.54, 1.807) is 36.4 Å². The lowest BCUT2D eigenvalue weighted by Crippen LogP contribution is -2.45. The number of benzene rings is 4. The van der Waals surface area contributed by atoms with E-state index in [2.05, 4.69) is 27.3 Å². The number of imide groups is 1. The average Bonchev–Trinajstić information content (AvgIpc) is 3.44. The molecular formula is C34H33IN2O6S. The maximum Gasteiger partial charge on any atom is 0.417 e. The molecule has 1 aliphatic rings. The third-order valence-electron chi connectivity index (χ3n) is 7.54. The zero-order valence-corrected chi connectivity index (χ0v) is 27.1. The van der Waals surface area contributed by atoms with Crippen molar-refractivity contribution in [2.75, 3.05) is 11.0 Å². The number of hydrogen-bond donors (Lipinski definition) is 1. The molecule has 0 aliphatic carbocycles. The summed E-state index contributed by atoms with van der Waals surface area (Å²) in [4.78, 5) is 28.5. The first-order valence-electron chi connectivity index (χ1n) is 14.2. The zero-order chi connectivity index (χ0) is 31.1. The van der Waals surface area contributed by atoms with E-state index in [4.69, 9.17) is 9.47 Å². The van der Waals surface area contributed by atoms with Gasteiger partial charge in [0, 0.05) is 4.43 Å². The molecule has 4 aromatic rings. The monoisotopic (exact) mass is 724 g/mol. The molecular weight excluding hydrogens is 691 g/mol. The Balaban J connectivity index is 1.49. The summed E-state index contributed by atoms with van der Waals surface area (Å²) in [6.07, 6.45) is -0.426. The Morgan fingerprint density at radius 3 is 2.23 bits per heavy atom. The fourth-order valence-corrected chi connectivity index (χ4v) is 7.10. The number of sulfonamides is 1. The van der Waals surface area contributed by atoms with Gasteiger partial charge in [-0.15, -0.1) is 0 Å². The highest BCUT2D eigenvalue weighted by Crippen LogP contribution is 2.36. The van der Waals surface area contributed by atoms with Gasteiger partial charge in [0.05, 0.1) is 16.9 Å². The number of cyclic esters (lactones) is 1. The van der Waals surface area contributed by atoms with Crippen molar-refractivity contribution >= 4 is 44.6 Å². The number of ether oxygens (including phenoxy) is 2. The third-order valence-corrected chi connectivity index (χ3v) is 9.62. The van der Waals surface area contributed by atoms with Crippen LogP contribution < -0.4 is 9.46 Å². The molecule has 1 saturated heterocycles. The first kappa shape index (κ1) is 31.7. The Hall–Kier alpha value is -3.74. The molecule has 4 aromatic carbocycles. The highest BCUT2D eigenvalue weighted by Gasteiger charge is 2.44. The van der Waals surface area contributed by atoms with Gasteiger partial charge in [-0.2, -0.15) is 0 Å². The van der Waals surface area contributed by atoms with Gasteiger partial charge in [-0.1, -0.05) is 113 Å². The van der Waals surface area contributed by atoms with Gasteiger partial charge in [-0.3, -0.25) is 4.79 Å². The van der Waals surface area contributed by atoms with Gasteiger partial charge >= 0.3 is 6.09 Å². The number of alkyl halides is 1. The lowest BCUT2D eigenvalue weighted by atomic mass is 9.89. The summed E-state index contributed by atoms with van der Waals surface area (Å²) in [5, 5.41) is 0. The first-order valence-corrected chi connectivity index (χ1v) is 17.2. The summed E-state index contributed by atoms with van der Waals surface area (Å²) < 4.78 is 42.0. The molecule has 8 nitrogen and oxygen atoms in total. The first-order chi connectivity index (χ1) is 21.3. The molecule has 0 bridgehead atoms. The van der Waals surface area contributed by atoms with E-state index in [0.717, 1.165) is 21.6 Å². The summed E-state index contributed by atoms with van der Waals surface area (Å²) in [6.45, 7) is 2.28. The van der Waals surface area contributed by atoms with E-state index in [1.165, 1.54) is 12.1 Å². The Labute approximate surface area is 271 Å². The van der Waals surface area contributed by atoms with Crippen LogP contribution in [0.1, 0.15) is 40.8 Å². The van der Waals surface area contributed by atoms with E-state index >= 15 is 0 Å². The summed E-state index contributed by atoms with van der Waals surface area (Å²) in [5.41, 5.74) is 3.26. The molecule has 228 valence electrons. The van der Waals surface area contributed by atoms with Gasteiger partial charge in [0.1, 0.15) is 25.0 Å². The van der Waals surface area contributed by atoms with E-state index in [0.29, 0.717) is 28.8 Å². The smallest absolute Gasteiger partial charge is 0.417 e. The van der Waals surface area contributed by atoms with Crippen LogP contribution in [-0.4, -0.2) is 36.4 Å². The van der Waals surface area contributed by atoms with Crippen LogP contribution >= 0.6 is 22.6 Å². The molecule has 0 aromatic heterocycles. The standard InChI is InChI=1S/C34H33IN2O6S/c1-24-12-18-29(19-13-24)44(40,41)36-32(27-14-16-28(17-15-27)42-22-25-8-4-2-5-9-25)30(20-21-35)33(38)37-31(23-43-34(37)39)26-10-6-3-7-11-26/h2-19,30-32,36H,20-23H2,1H3/t30-,31-,32-/m1/s1. The Bertz CT molecular complexity index is 1670. The number of carbonyl (C=O) groups is 2. The van der Waals surface area contributed by atoms with Gasteiger partial charge in [-0.25, -0.2) is 22.8 Å². The topological polar surface area (TPSA) is 102 Å². The Morgan fingerprint density at radius 1 is 0.955 bits per heavy atom. The lowest BCUT2D eigenvalue weighted by Gasteiger charge is -2.31. The van der Waals surface area contributed by atoms with Gasteiger partial charge < -0.3 is 9.47 Å². The predicted molar refractivity (Wildman–Crippen MR) is 176 cm³/mol. The summed E-state index contributed by atoms with van der Waals surface area (Å²) in [5.74, 6) is -0.805. The molecule has 5 rings (SSSR count). The van der Waals surface area contributed by atoms with Crippen molar-refractivity contribution in [2.24, 2.45) is 5.92 Å². The number of carbonyl (C=O) groups excluding carboxylic acids is 2. The molecule has 10 heteroatoms. The van der Waals surface area contributed by atoms with Gasteiger partial charge in [0.15, 0.2) is 0 Å². The average molecular weight is 725 g/mol. The van der Waals surface area contributed by atoms with Crippen LogP contribution in [0.25, 0.3) is 0 Å². The van der Waals surface area contributed by atoms with Crippen LogP contribution in [0.5, 0.6) is 5.75 Å². The molecule has 0 spiro atoms. The molecule has 2 amide bonds. The number of hydrogen-bond acceptors (Lipinski definition) is 6. The maximum absolute atomic E-state index is 14.3. The highest BCUT2D eigenvalue weighted by atomic mass is 127. The second kappa shape index (κ2) is 14.4. The third kappa shape index (κ3) is 7.48. The normalized spacial score (nSPS) is 16.3. The second-order valence-corrected chi connectivity index (χ2v) is 13.3. The second-order valence-electron chi connectivity index (χ2n) is 10.6. The quantitative estimate of drug-likeness (QED) is 0.128. The molecule has 44 heavy (non-hydrogen) atoms. The van der Waals surface area contributed by atoms with Crippen molar-refractivity contribution in [3.05, 3.63) is 131 Å². The lowest BCUT2D eigenvalue weighted by molar-refractivity contribution is -0.134. The van der Waals surface area contributed by atoms with Crippen molar-refractivity contribution in [3.63, 3.8) is 0 Å². The van der Waals surface area contributed by atoms with E-state index in [-0.39, 0.29) is 11.5 Å². The van der Waals surface area contributed by atoms with Gasteiger partial charge in [0.25, 0.3) is 0 Å². The zero-order valence-electron chi connectivity index (χ0n) is 24.1. The van der Waals surface area contributed by atoms with Crippen molar-refractivity contribution in [1.82, 2.24) is 9.62 Å². The molecule has 1 fully saturated rings. The van der Waals surface area contributed by atoms with E-state index < -0.39 is 40.0 Å². The number of amides is 2. The van der Waals surface area contributed by atoms with Crippen molar-refractivity contribution in [3.8, 4) is 5.75 Å². The molecule has 0 unspecified atom stereocenters. The summed E-state index contributed by atoms with van der Waals surface area (Å²) in [7, 11) is -4.05. The van der Waals surface area contributed by atoms with Crippen LogP contribution in [0.15, 0.2) is 114 Å². The highest BCUT2D eigenvalue weighted by molar-refractivity contribution is 14.1. The summed E-state index contributed by atoms with van der Waals surface area (Å²) in [6, 6.07) is 30.9. The van der Waals surface area contributed by atoms with Gasteiger partial charge in [-0.05, 0) is 54.3 Å². The molecule has 1 aliphatic heterocycles. The number of aryl methyl sites for hydroxylation is 1. The number of rotatable bonds is 12. The largest absolute Gasteiger partial charge is 0.489 e. The fourth-order valence-electron chi connectivity index (χ4n) is 5.16. The molecule has 1 N–H and O–H groups in total. The Morgan fingerprint density at radius 2 is 1.59 bits per heavy atom. The predicted octanol–water partition coefficient (Wildman–Crippen LogP) is 6.76. The van der Waals surface area contributed by atoms with Crippen molar-refractivity contribution < 1.29 is 27.5 Å². The molecule has 3 atom stereocenters. The minimum Gasteiger partial charge on any atom is -0.489 e. The van der Waals surface area contributed by atoms with Crippen molar-refractivity contribution in [1.29, 1.82) is 0 Å². The minimum absolute atomic E-state index is 0.0265. The van der Waals surface area contributed by atoms with Crippen molar-refractivity contribution in [2.45, 2.75) is 36.9 Å². The van der Waals surface area contributed by atoms with E-state index in [1.807, 2.05) is 67.6 Å². The maximum atomic E-state index is 14.3. The van der Waals surface area contributed by atoms with Crippen LogP contribution in [0.3, 0.4) is 0 Å². The SMILES string of the molecule is Cc1ccc(S(=O)(=O)N[C@H](c2ccc(OCc3ccccc3)cc2)[C@@H](CCI)C(=O)N2C(=O)OC[C@@H]2c2ccccc2)cc1. The van der Waals surface area contributed by atoms with Crippen LogP contribution in [0.4, 0.5) is 4.79 Å². The van der Waals surface area contributed by atoms with Crippen LogP contribution in [-0.2, 0) is 26.2 Å². The number of nitrogens with one attached hydrogen (secondary N) is 1. The summed E-state index contributed by atoms with van der Waals surface area (Å²) >= 11 is 2.16. The van der Waals surface area contributed by atoms with Gasteiger partial charge in [0.2, 0.25) is 15.9 Å². The molecule has 1 heterocycles. The number of halogens is 1. The number of nitrogens with zero attached hydrogens (tertiary/aromatic N) is 1. The van der Waals surface area contributed by atoms with Crippen LogP contribution in [0, 0.1) is 12.8 Å². The molecule has 0 saturated carbocycles. The van der Waals surface area contributed by atoms with E-state index in [9.17, 15) is 18.0 Å². The molecule has 0 radical (unpaired) electrons. The van der Waals surface area contributed by atoms with Crippen LogP contribution in [0.2, 0.25) is 0 Å². The fraction of sp³-hybridized carbons (Fsp3) is 0.235. The minimum atomic E-state index is -4.05.